The number of rotatable bonds is 3. The van der Waals surface area contributed by atoms with Crippen molar-refractivity contribution in [1.82, 2.24) is 5.32 Å². The Morgan fingerprint density at radius 3 is 2.33 bits per heavy atom. The summed E-state index contributed by atoms with van der Waals surface area (Å²) in [6.45, 7) is 8.10. The number of hydrogen-bond acceptors (Lipinski definition) is 1. The Bertz CT molecular complexity index is 426. The number of alkyl halides is 1. The topological polar surface area (TPSA) is 29.1 Å². The number of carbonyl (C=O) groups is 1. The molecule has 0 radical (unpaired) electrons. The maximum absolute atomic E-state index is 12.1. The molecule has 1 aromatic rings. The van der Waals surface area contributed by atoms with E-state index in [1.165, 1.54) is 0 Å². The lowest BCUT2D eigenvalue weighted by atomic mass is 9.91. The minimum Gasteiger partial charge on any atom is -0.349 e. The Hall–Kier alpha value is -0.350. The zero-order chi connectivity index (χ0) is 13.9. The van der Waals surface area contributed by atoms with Crippen molar-refractivity contribution in [3.05, 3.63) is 34.3 Å². The summed E-state index contributed by atoms with van der Waals surface area (Å²) in [5.41, 5.74) is 0.983. The van der Waals surface area contributed by atoms with Crippen LogP contribution in [-0.2, 0) is 4.79 Å². The molecule has 1 N–H and O–H groups in total. The second-order valence-corrected chi connectivity index (χ2v) is 7.25. The average Bonchev–Trinajstić information content (AvgIpc) is 2.27. The third kappa shape index (κ3) is 4.09. The van der Waals surface area contributed by atoms with E-state index in [2.05, 4.69) is 37.2 Å². The fraction of sp³-hybridized carbons (Fsp3) is 0.500. The minimum atomic E-state index is -0.199. The van der Waals surface area contributed by atoms with Gasteiger partial charge in [0.15, 0.2) is 0 Å². The van der Waals surface area contributed by atoms with Gasteiger partial charge in [-0.15, -0.1) is 0 Å². The Labute approximate surface area is 126 Å². The molecule has 0 heterocycles. The molecule has 0 aliphatic rings. The zero-order valence-electron chi connectivity index (χ0n) is 11.1. The summed E-state index contributed by atoms with van der Waals surface area (Å²) in [4.78, 5) is 11.9. The van der Waals surface area contributed by atoms with E-state index < -0.39 is 0 Å². The van der Waals surface area contributed by atoms with Crippen LogP contribution in [0.15, 0.2) is 28.7 Å². The van der Waals surface area contributed by atoms with Crippen molar-refractivity contribution in [1.29, 1.82) is 0 Å². The van der Waals surface area contributed by atoms with Crippen molar-refractivity contribution in [2.75, 3.05) is 0 Å². The highest BCUT2D eigenvalue weighted by molar-refractivity contribution is 9.10. The quantitative estimate of drug-likeness (QED) is 0.776. The monoisotopic (exact) mass is 375 g/mol. The molecule has 18 heavy (non-hydrogen) atoms. The van der Waals surface area contributed by atoms with Gasteiger partial charge in [0, 0.05) is 4.47 Å². The van der Waals surface area contributed by atoms with E-state index in [-0.39, 0.29) is 22.2 Å². The predicted octanol–water partition coefficient (Wildman–Crippen LogP) is 4.44. The molecule has 2 nitrogen and oxygen atoms in total. The van der Waals surface area contributed by atoms with Gasteiger partial charge in [-0.05, 0) is 24.0 Å². The third-order valence-corrected chi connectivity index (χ3v) is 5.23. The second-order valence-electron chi connectivity index (χ2n) is 5.48. The summed E-state index contributed by atoms with van der Waals surface area (Å²) >= 11 is 6.96. The highest BCUT2D eigenvalue weighted by Crippen LogP contribution is 2.28. The van der Waals surface area contributed by atoms with E-state index >= 15 is 0 Å². The molecule has 1 amide bonds. The largest absolute Gasteiger partial charge is 0.349 e. The smallest absolute Gasteiger partial charge is 0.234 e. The van der Waals surface area contributed by atoms with Crippen molar-refractivity contribution in [3.8, 4) is 0 Å². The van der Waals surface area contributed by atoms with Crippen LogP contribution in [0.1, 0.15) is 39.3 Å². The van der Waals surface area contributed by atoms with E-state index in [4.69, 9.17) is 0 Å². The lowest BCUT2D eigenvalue weighted by Gasteiger charge is -2.26. The van der Waals surface area contributed by atoms with Crippen LogP contribution >= 0.6 is 31.9 Å². The van der Waals surface area contributed by atoms with Crippen LogP contribution < -0.4 is 5.32 Å². The van der Waals surface area contributed by atoms with Gasteiger partial charge in [-0.2, -0.15) is 0 Å². The Kier molecular flexibility index (Phi) is 5.41. The predicted molar refractivity (Wildman–Crippen MR) is 82.9 cm³/mol. The molecule has 100 valence electrons. The summed E-state index contributed by atoms with van der Waals surface area (Å²) in [5.74, 6) is 0.0192. The van der Waals surface area contributed by atoms with Crippen molar-refractivity contribution in [2.24, 2.45) is 5.41 Å². The van der Waals surface area contributed by atoms with Gasteiger partial charge in [0.05, 0.1) is 10.9 Å². The number of nitrogens with one attached hydrogen (secondary N) is 1. The molecule has 2 atom stereocenters. The summed E-state index contributed by atoms with van der Waals surface area (Å²) in [7, 11) is 0. The molecule has 0 spiro atoms. The first-order valence-electron chi connectivity index (χ1n) is 5.92. The van der Waals surface area contributed by atoms with Crippen LogP contribution in [0.2, 0.25) is 0 Å². The third-order valence-electron chi connectivity index (χ3n) is 2.72. The fourth-order valence-corrected chi connectivity index (χ4v) is 2.34. The number of halogens is 2. The van der Waals surface area contributed by atoms with E-state index in [0.29, 0.717) is 0 Å². The zero-order valence-corrected chi connectivity index (χ0v) is 14.3. The van der Waals surface area contributed by atoms with Gasteiger partial charge in [-0.3, -0.25) is 4.79 Å². The molecular weight excluding hydrogens is 358 g/mol. The molecule has 1 rings (SSSR count). The highest BCUT2D eigenvalue weighted by atomic mass is 79.9. The highest BCUT2D eigenvalue weighted by Gasteiger charge is 2.29. The van der Waals surface area contributed by atoms with Crippen molar-refractivity contribution >= 4 is 37.8 Å². The standard InChI is InChI=1S/C14H19Br2NO/c1-9(10-7-5-6-8-11(10)15)17-13(18)12(16)14(2,3)4/h5-9,12H,1-4H3,(H,17,18). The van der Waals surface area contributed by atoms with E-state index in [1.807, 2.05) is 52.0 Å². The molecular formula is C14H19Br2NO. The van der Waals surface area contributed by atoms with Crippen molar-refractivity contribution < 1.29 is 4.79 Å². The molecule has 0 aliphatic carbocycles. The summed E-state index contributed by atoms with van der Waals surface area (Å²) in [5, 5.41) is 3.03. The minimum absolute atomic E-state index is 0.0181. The summed E-state index contributed by atoms with van der Waals surface area (Å²) in [6.07, 6.45) is 0. The molecule has 4 heteroatoms. The van der Waals surface area contributed by atoms with Crippen LogP contribution in [0.3, 0.4) is 0 Å². The summed E-state index contributed by atoms with van der Waals surface area (Å²) in [6, 6.07) is 7.90. The normalized spacial score (nSPS) is 15.0. The van der Waals surface area contributed by atoms with E-state index in [0.717, 1.165) is 10.0 Å². The Morgan fingerprint density at radius 1 is 1.28 bits per heavy atom. The van der Waals surface area contributed by atoms with E-state index in [9.17, 15) is 4.79 Å². The Morgan fingerprint density at radius 2 is 1.83 bits per heavy atom. The summed E-state index contributed by atoms with van der Waals surface area (Å²) < 4.78 is 1.01. The molecule has 0 bridgehead atoms. The maximum Gasteiger partial charge on any atom is 0.234 e. The molecule has 0 aromatic heterocycles. The number of hydrogen-bond donors (Lipinski definition) is 1. The molecule has 1 aromatic carbocycles. The fourth-order valence-electron chi connectivity index (χ4n) is 1.58. The van der Waals surface area contributed by atoms with Crippen molar-refractivity contribution in [3.63, 3.8) is 0 Å². The lowest BCUT2D eigenvalue weighted by molar-refractivity contribution is -0.122. The SMILES string of the molecule is CC(NC(=O)C(Br)C(C)(C)C)c1ccccc1Br. The number of carbonyl (C=O) groups excluding carboxylic acids is 1. The van der Waals surface area contributed by atoms with Gasteiger partial charge in [0.1, 0.15) is 0 Å². The van der Waals surface area contributed by atoms with Crippen LogP contribution in [-0.4, -0.2) is 10.7 Å². The number of amides is 1. The first-order chi connectivity index (χ1) is 8.23. The molecule has 0 saturated carbocycles. The van der Waals surface area contributed by atoms with Crippen molar-refractivity contribution in [2.45, 2.75) is 38.6 Å². The van der Waals surface area contributed by atoms with Gasteiger partial charge in [0.2, 0.25) is 5.91 Å². The number of benzene rings is 1. The lowest BCUT2D eigenvalue weighted by Crippen LogP contribution is -2.39. The van der Waals surface area contributed by atoms with Gasteiger partial charge in [-0.25, -0.2) is 0 Å². The molecule has 2 unspecified atom stereocenters. The van der Waals surface area contributed by atoms with Crippen LogP contribution in [0.25, 0.3) is 0 Å². The first-order valence-corrected chi connectivity index (χ1v) is 7.63. The van der Waals surface area contributed by atoms with Gasteiger partial charge in [0.25, 0.3) is 0 Å². The van der Waals surface area contributed by atoms with E-state index in [1.54, 1.807) is 0 Å². The molecule has 0 fully saturated rings. The van der Waals surface area contributed by atoms with Crippen LogP contribution in [0, 0.1) is 5.41 Å². The average molecular weight is 377 g/mol. The second kappa shape index (κ2) is 6.20. The van der Waals surface area contributed by atoms with Gasteiger partial charge in [-0.1, -0.05) is 70.8 Å². The van der Waals surface area contributed by atoms with Crippen LogP contribution in [0.5, 0.6) is 0 Å². The molecule has 0 aliphatic heterocycles. The van der Waals surface area contributed by atoms with Crippen LogP contribution in [0.4, 0.5) is 0 Å². The first kappa shape index (κ1) is 15.7. The van der Waals surface area contributed by atoms with Gasteiger partial charge < -0.3 is 5.32 Å². The maximum atomic E-state index is 12.1. The Balaban J connectivity index is 2.75. The van der Waals surface area contributed by atoms with Gasteiger partial charge >= 0.3 is 0 Å². The molecule has 0 saturated heterocycles.